The number of hydrogen-bond donors (Lipinski definition) is 1. The van der Waals surface area contributed by atoms with Crippen molar-refractivity contribution in [1.29, 1.82) is 0 Å². The fourth-order valence-corrected chi connectivity index (χ4v) is 2.36. The van der Waals surface area contributed by atoms with Gasteiger partial charge >= 0.3 is 0 Å². The summed E-state index contributed by atoms with van der Waals surface area (Å²) >= 11 is 1.74. The lowest BCUT2D eigenvalue weighted by Gasteiger charge is -2.12. The summed E-state index contributed by atoms with van der Waals surface area (Å²) < 4.78 is 5.72. The van der Waals surface area contributed by atoms with Crippen molar-refractivity contribution in [3.63, 3.8) is 0 Å². The van der Waals surface area contributed by atoms with Crippen LogP contribution in [0.4, 0.5) is 0 Å². The number of thiophene rings is 1. The van der Waals surface area contributed by atoms with E-state index < -0.39 is 6.10 Å². The molecule has 3 heteroatoms. The van der Waals surface area contributed by atoms with Gasteiger partial charge in [-0.15, -0.1) is 11.3 Å². The Bertz CT molecular complexity index is 449. The van der Waals surface area contributed by atoms with Gasteiger partial charge in [-0.3, -0.25) is 0 Å². The fraction of sp³-hybridized carbons (Fsp3) is 0.286. The van der Waals surface area contributed by atoms with Gasteiger partial charge in [0.05, 0.1) is 12.7 Å². The molecule has 0 aliphatic carbocycles. The van der Waals surface area contributed by atoms with E-state index in [1.807, 2.05) is 30.3 Å². The van der Waals surface area contributed by atoms with E-state index in [9.17, 15) is 5.11 Å². The number of hydrogen-bond acceptors (Lipinski definition) is 3. The highest BCUT2D eigenvalue weighted by molar-refractivity contribution is 7.09. The molecule has 0 saturated carbocycles. The Morgan fingerprint density at radius 1 is 1.24 bits per heavy atom. The quantitative estimate of drug-likeness (QED) is 0.878. The molecule has 2 nitrogen and oxygen atoms in total. The molecule has 1 atom stereocenters. The maximum atomic E-state index is 9.61. The summed E-state index contributed by atoms with van der Waals surface area (Å²) in [7, 11) is 0. The maximum Gasteiger partial charge on any atom is 0.125 e. The molecule has 17 heavy (non-hydrogen) atoms. The SMILES string of the molecule is C[C@@H](O)c1ccccc1OCCc1cccs1. The van der Waals surface area contributed by atoms with Crippen molar-refractivity contribution in [2.45, 2.75) is 19.4 Å². The molecule has 0 aliphatic rings. The van der Waals surface area contributed by atoms with E-state index in [2.05, 4.69) is 11.4 Å². The Morgan fingerprint density at radius 2 is 2.06 bits per heavy atom. The highest BCUT2D eigenvalue weighted by Crippen LogP contribution is 2.24. The van der Waals surface area contributed by atoms with E-state index in [0.717, 1.165) is 17.7 Å². The van der Waals surface area contributed by atoms with Crippen molar-refractivity contribution in [2.75, 3.05) is 6.61 Å². The van der Waals surface area contributed by atoms with Crippen molar-refractivity contribution in [1.82, 2.24) is 0 Å². The van der Waals surface area contributed by atoms with Crippen LogP contribution in [-0.2, 0) is 6.42 Å². The van der Waals surface area contributed by atoms with Crippen LogP contribution < -0.4 is 4.74 Å². The average molecular weight is 248 g/mol. The van der Waals surface area contributed by atoms with Crippen LogP contribution in [0.3, 0.4) is 0 Å². The smallest absolute Gasteiger partial charge is 0.125 e. The Labute approximate surface area is 105 Å². The van der Waals surface area contributed by atoms with E-state index in [-0.39, 0.29) is 0 Å². The normalized spacial score (nSPS) is 12.4. The van der Waals surface area contributed by atoms with Gasteiger partial charge < -0.3 is 9.84 Å². The number of aliphatic hydroxyl groups excluding tert-OH is 1. The molecular formula is C14H16O2S. The van der Waals surface area contributed by atoms with Crippen molar-refractivity contribution in [3.05, 3.63) is 52.2 Å². The van der Waals surface area contributed by atoms with Gasteiger partial charge in [0.15, 0.2) is 0 Å². The Kier molecular flexibility index (Phi) is 4.18. The van der Waals surface area contributed by atoms with Crippen LogP contribution in [0.15, 0.2) is 41.8 Å². The first-order chi connectivity index (χ1) is 8.27. The van der Waals surface area contributed by atoms with E-state index in [4.69, 9.17) is 4.74 Å². The van der Waals surface area contributed by atoms with Gasteiger partial charge in [0.1, 0.15) is 5.75 Å². The van der Waals surface area contributed by atoms with Gasteiger partial charge in [0.25, 0.3) is 0 Å². The third-order valence-corrected chi connectivity index (χ3v) is 3.49. The van der Waals surface area contributed by atoms with Gasteiger partial charge in [0.2, 0.25) is 0 Å². The molecule has 0 unspecified atom stereocenters. The second kappa shape index (κ2) is 5.84. The van der Waals surface area contributed by atoms with Crippen LogP contribution in [0.1, 0.15) is 23.5 Å². The minimum absolute atomic E-state index is 0.493. The molecule has 0 aliphatic heterocycles. The molecule has 1 aromatic heterocycles. The average Bonchev–Trinajstić information content (AvgIpc) is 2.82. The van der Waals surface area contributed by atoms with Gasteiger partial charge in [-0.2, -0.15) is 0 Å². The van der Waals surface area contributed by atoms with Crippen LogP contribution in [-0.4, -0.2) is 11.7 Å². The highest BCUT2D eigenvalue weighted by atomic mass is 32.1. The zero-order valence-electron chi connectivity index (χ0n) is 9.80. The summed E-state index contributed by atoms with van der Waals surface area (Å²) in [6.45, 7) is 2.39. The summed E-state index contributed by atoms with van der Waals surface area (Å²) in [4.78, 5) is 1.32. The minimum atomic E-state index is -0.493. The number of rotatable bonds is 5. The first-order valence-electron chi connectivity index (χ1n) is 5.69. The van der Waals surface area contributed by atoms with Crippen molar-refractivity contribution in [3.8, 4) is 5.75 Å². The van der Waals surface area contributed by atoms with Crippen molar-refractivity contribution < 1.29 is 9.84 Å². The van der Waals surface area contributed by atoms with Crippen LogP contribution in [0.5, 0.6) is 5.75 Å². The topological polar surface area (TPSA) is 29.5 Å². The first-order valence-corrected chi connectivity index (χ1v) is 6.57. The second-order valence-corrected chi connectivity index (χ2v) is 4.92. The Hall–Kier alpha value is -1.32. The molecule has 1 aromatic carbocycles. The van der Waals surface area contributed by atoms with E-state index in [0.29, 0.717) is 6.61 Å². The molecule has 1 heterocycles. The fourth-order valence-electron chi connectivity index (χ4n) is 1.67. The molecular weight excluding hydrogens is 232 g/mol. The van der Waals surface area contributed by atoms with Gasteiger partial charge in [-0.1, -0.05) is 24.3 Å². The maximum absolute atomic E-state index is 9.61. The van der Waals surface area contributed by atoms with E-state index in [1.54, 1.807) is 18.3 Å². The zero-order chi connectivity index (χ0) is 12.1. The molecule has 2 rings (SSSR count). The molecule has 2 aromatic rings. The summed E-state index contributed by atoms with van der Waals surface area (Å²) in [6.07, 6.45) is 0.416. The number of para-hydroxylation sites is 1. The largest absolute Gasteiger partial charge is 0.493 e. The zero-order valence-corrected chi connectivity index (χ0v) is 10.6. The van der Waals surface area contributed by atoms with Crippen LogP contribution in [0.2, 0.25) is 0 Å². The first kappa shape index (κ1) is 12.1. The third kappa shape index (κ3) is 3.32. The summed E-state index contributed by atoms with van der Waals surface area (Å²) in [5.41, 5.74) is 0.846. The Balaban J connectivity index is 1.94. The Morgan fingerprint density at radius 3 is 2.76 bits per heavy atom. The summed E-state index contributed by atoms with van der Waals surface area (Å²) in [5, 5.41) is 11.7. The lowest BCUT2D eigenvalue weighted by Crippen LogP contribution is -2.03. The molecule has 0 fully saturated rings. The standard InChI is InChI=1S/C14H16O2S/c1-11(15)13-6-2-3-7-14(13)16-9-8-12-5-4-10-17-12/h2-7,10-11,15H,8-9H2,1H3/t11-/m1/s1. The van der Waals surface area contributed by atoms with Crippen molar-refractivity contribution >= 4 is 11.3 Å². The monoisotopic (exact) mass is 248 g/mol. The molecule has 1 N–H and O–H groups in total. The van der Waals surface area contributed by atoms with E-state index >= 15 is 0 Å². The predicted octanol–water partition coefficient (Wildman–Crippen LogP) is 3.42. The number of aliphatic hydroxyl groups is 1. The van der Waals surface area contributed by atoms with Gasteiger partial charge in [-0.25, -0.2) is 0 Å². The molecule has 0 bridgehead atoms. The van der Waals surface area contributed by atoms with Crippen LogP contribution in [0, 0.1) is 0 Å². The summed E-state index contributed by atoms with van der Waals surface area (Å²) in [5.74, 6) is 0.777. The molecule has 90 valence electrons. The molecule has 0 saturated heterocycles. The van der Waals surface area contributed by atoms with E-state index in [1.165, 1.54) is 4.88 Å². The van der Waals surface area contributed by atoms with Gasteiger partial charge in [0, 0.05) is 16.9 Å². The lowest BCUT2D eigenvalue weighted by molar-refractivity contribution is 0.191. The predicted molar refractivity (Wildman–Crippen MR) is 70.6 cm³/mol. The number of ether oxygens (including phenoxy) is 1. The second-order valence-electron chi connectivity index (χ2n) is 3.89. The molecule has 0 radical (unpaired) electrons. The molecule has 0 spiro atoms. The minimum Gasteiger partial charge on any atom is -0.493 e. The highest BCUT2D eigenvalue weighted by Gasteiger charge is 2.07. The van der Waals surface area contributed by atoms with Gasteiger partial charge in [-0.05, 0) is 24.4 Å². The summed E-state index contributed by atoms with van der Waals surface area (Å²) in [6, 6.07) is 11.8. The van der Waals surface area contributed by atoms with Crippen molar-refractivity contribution in [2.24, 2.45) is 0 Å². The lowest BCUT2D eigenvalue weighted by atomic mass is 10.1. The molecule has 0 amide bonds. The third-order valence-electron chi connectivity index (χ3n) is 2.56. The number of benzene rings is 1. The van der Waals surface area contributed by atoms with Crippen LogP contribution in [0.25, 0.3) is 0 Å². The van der Waals surface area contributed by atoms with Crippen LogP contribution >= 0.6 is 11.3 Å².